The summed E-state index contributed by atoms with van der Waals surface area (Å²) >= 11 is 9.22. The summed E-state index contributed by atoms with van der Waals surface area (Å²) in [5.41, 5.74) is 1.24. The van der Waals surface area contributed by atoms with Gasteiger partial charge in [0.1, 0.15) is 16.7 Å². The van der Waals surface area contributed by atoms with E-state index in [9.17, 15) is 0 Å². The minimum atomic E-state index is 0.269. The zero-order valence-electron chi connectivity index (χ0n) is 9.95. The molecule has 0 spiro atoms. The van der Waals surface area contributed by atoms with Gasteiger partial charge in [-0.1, -0.05) is 11.6 Å². The molecule has 96 valence electrons. The number of benzene rings is 1. The largest absolute Gasteiger partial charge is 0.495 e. The molecular formula is C13H9BrClN3O. The number of rotatable bonds is 3. The Labute approximate surface area is 124 Å². The maximum Gasteiger partial charge on any atom is 0.135 e. The van der Waals surface area contributed by atoms with E-state index < -0.39 is 0 Å². The van der Waals surface area contributed by atoms with Crippen molar-refractivity contribution in [2.24, 2.45) is 0 Å². The monoisotopic (exact) mass is 337 g/mol. The van der Waals surface area contributed by atoms with Crippen LogP contribution in [-0.2, 0) is 0 Å². The Morgan fingerprint density at radius 1 is 1.37 bits per heavy atom. The summed E-state index contributed by atoms with van der Waals surface area (Å²) in [5.74, 6) is 1.21. The topological polar surface area (TPSA) is 57.9 Å². The van der Waals surface area contributed by atoms with Gasteiger partial charge in [0.15, 0.2) is 0 Å². The standard InChI is InChI=1S/C13H9BrClN3O/c1-19-11-6-9(2-3-10(11)14)17-13-5-8(7-16)4-12(15)18-13/h2-6H,1H3,(H,17,18). The highest BCUT2D eigenvalue weighted by atomic mass is 79.9. The third-order valence-electron chi connectivity index (χ3n) is 2.35. The maximum atomic E-state index is 8.88. The minimum absolute atomic E-state index is 0.269. The molecule has 0 aliphatic rings. The van der Waals surface area contributed by atoms with Gasteiger partial charge in [-0.15, -0.1) is 0 Å². The van der Waals surface area contributed by atoms with Gasteiger partial charge in [-0.25, -0.2) is 4.98 Å². The molecule has 19 heavy (non-hydrogen) atoms. The molecule has 0 aliphatic heterocycles. The first-order valence-electron chi connectivity index (χ1n) is 5.30. The van der Waals surface area contributed by atoms with Crippen LogP contribution < -0.4 is 10.1 Å². The molecule has 4 nitrogen and oxygen atoms in total. The van der Waals surface area contributed by atoms with E-state index in [1.165, 1.54) is 6.07 Å². The number of halogens is 2. The van der Waals surface area contributed by atoms with E-state index in [-0.39, 0.29) is 5.15 Å². The van der Waals surface area contributed by atoms with Crippen LogP contribution in [0.1, 0.15) is 5.56 Å². The molecule has 0 saturated heterocycles. The van der Waals surface area contributed by atoms with Crippen LogP contribution >= 0.6 is 27.5 Å². The minimum Gasteiger partial charge on any atom is -0.495 e. The highest BCUT2D eigenvalue weighted by Gasteiger charge is 2.04. The number of ether oxygens (including phenoxy) is 1. The second-order valence-electron chi connectivity index (χ2n) is 3.65. The number of nitrogens with one attached hydrogen (secondary N) is 1. The van der Waals surface area contributed by atoms with Gasteiger partial charge in [-0.05, 0) is 40.2 Å². The predicted octanol–water partition coefficient (Wildman–Crippen LogP) is 4.12. The third kappa shape index (κ3) is 3.37. The number of anilines is 2. The van der Waals surface area contributed by atoms with Crippen molar-refractivity contribution in [2.75, 3.05) is 12.4 Å². The first-order valence-corrected chi connectivity index (χ1v) is 6.47. The van der Waals surface area contributed by atoms with Crippen LogP contribution in [0.2, 0.25) is 5.15 Å². The van der Waals surface area contributed by atoms with Crippen LogP contribution in [-0.4, -0.2) is 12.1 Å². The van der Waals surface area contributed by atoms with E-state index in [0.717, 1.165) is 10.2 Å². The second-order valence-corrected chi connectivity index (χ2v) is 4.89. The molecule has 0 fully saturated rings. The number of hydrogen-bond acceptors (Lipinski definition) is 4. The Hall–Kier alpha value is -1.77. The molecule has 0 bridgehead atoms. The van der Waals surface area contributed by atoms with Crippen LogP contribution in [0.15, 0.2) is 34.8 Å². The number of nitriles is 1. The van der Waals surface area contributed by atoms with Crippen molar-refractivity contribution in [3.63, 3.8) is 0 Å². The van der Waals surface area contributed by atoms with Crippen molar-refractivity contribution in [2.45, 2.75) is 0 Å². The van der Waals surface area contributed by atoms with Gasteiger partial charge >= 0.3 is 0 Å². The van der Waals surface area contributed by atoms with E-state index in [0.29, 0.717) is 17.1 Å². The first-order chi connectivity index (χ1) is 9.12. The molecule has 0 aliphatic carbocycles. The van der Waals surface area contributed by atoms with Gasteiger partial charge in [-0.3, -0.25) is 0 Å². The van der Waals surface area contributed by atoms with E-state index >= 15 is 0 Å². The Bertz CT molecular complexity index is 655. The highest BCUT2D eigenvalue weighted by molar-refractivity contribution is 9.10. The molecule has 2 aromatic rings. The lowest BCUT2D eigenvalue weighted by atomic mass is 10.2. The average molecular weight is 339 g/mol. The van der Waals surface area contributed by atoms with Crippen LogP contribution in [0.5, 0.6) is 5.75 Å². The van der Waals surface area contributed by atoms with Gasteiger partial charge in [0.25, 0.3) is 0 Å². The fourth-order valence-corrected chi connectivity index (χ4v) is 2.13. The summed E-state index contributed by atoms with van der Waals surface area (Å²) in [4.78, 5) is 4.11. The maximum absolute atomic E-state index is 8.88. The quantitative estimate of drug-likeness (QED) is 0.855. The lowest BCUT2D eigenvalue weighted by molar-refractivity contribution is 0.412. The summed E-state index contributed by atoms with van der Waals surface area (Å²) in [6, 6.07) is 10.7. The number of nitrogens with zero attached hydrogens (tertiary/aromatic N) is 2. The molecule has 0 radical (unpaired) electrons. The molecule has 0 unspecified atom stereocenters. The summed E-state index contributed by atoms with van der Waals surface area (Å²) in [5, 5.41) is 12.2. The average Bonchev–Trinajstić information content (AvgIpc) is 2.40. The zero-order chi connectivity index (χ0) is 13.8. The number of methoxy groups -OCH3 is 1. The normalized spacial score (nSPS) is 9.79. The first kappa shape index (κ1) is 13.7. The van der Waals surface area contributed by atoms with Gasteiger partial charge < -0.3 is 10.1 Å². The van der Waals surface area contributed by atoms with E-state index in [2.05, 4.69) is 26.2 Å². The Kier molecular flexibility index (Phi) is 4.25. The molecule has 6 heteroatoms. The Morgan fingerprint density at radius 3 is 2.84 bits per heavy atom. The summed E-state index contributed by atoms with van der Waals surface area (Å²) in [6.07, 6.45) is 0. The van der Waals surface area contributed by atoms with E-state index in [1.807, 2.05) is 24.3 Å². The summed E-state index contributed by atoms with van der Waals surface area (Å²) < 4.78 is 6.06. The number of pyridine rings is 1. The van der Waals surface area contributed by atoms with Gasteiger partial charge in [0, 0.05) is 11.8 Å². The Morgan fingerprint density at radius 2 is 2.16 bits per heavy atom. The van der Waals surface area contributed by atoms with Gasteiger partial charge in [0.05, 0.1) is 23.2 Å². The van der Waals surface area contributed by atoms with Gasteiger partial charge in [0.2, 0.25) is 0 Å². The van der Waals surface area contributed by atoms with Crippen molar-refractivity contribution in [1.82, 2.24) is 4.98 Å². The Balaban J connectivity index is 2.31. The van der Waals surface area contributed by atoms with Crippen LogP contribution in [0, 0.1) is 11.3 Å². The van der Waals surface area contributed by atoms with Crippen LogP contribution in [0.25, 0.3) is 0 Å². The molecule has 2 rings (SSSR count). The van der Waals surface area contributed by atoms with Crippen molar-refractivity contribution in [3.05, 3.63) is 45.5 Å². The fourth-order valence-electron chi connectivity index (χ4n) is 1.51. The molecule has 1 aromatic carbocycles. The summed E-state index contributed by atoms with van der Waals surface area (Å²) in [7, 11) is 1.59. The molecule has 1 N–H and O–H groups in total. The fraction of sp³-hybridized carbons (Fsp3) is 0.0769. The molecule has 0 amide bonds. The van der Waals surface area contributed by atoms with Crippen molar-refractivity contribution >= 4 is 39.0 Å². The van der Waals surface area contributed by atoms with Crippen molar-refractivity contribution in [1.29, 1.82) is 5.26 Å². The molecule has 1 aromatic heterocycles. The number of hydrogen-bond donors (Lipinski definition) is 1. The van der Waals surface area contributed by atoms with Crippen LogP contribution in [0.3, 0.4) is 0 Å². The molecule has 1 heterocycles. The lowest BCUT2D eigenvalue weighted by Crippen LogP contribution is -1.95. The smallest absolute Gasteiger partial charge is 0.135 e. The van der Waals surface area contributed by atoms with Crippen LogP contribution in [0.4, 0.5) is 11.5 Å². The van der Waals surface area contributed by atoms with Crippen molar-refractivity contribution < 1.29 is 4.74 Å². The third-order valence-corrected chi connectivity index (χ3v) is 3.20. The van der Waals surface area contributed by atoms with E-state index in [1.54, 1.807) is 13.2 Å². The predicted molar refractivity (Wildman–Crippen MR) is 77.9 cm³/mol. The molecule has 0 saturated carbocycles. The second kappa shape index (κ2) is 5.91. The van der Waals surface area contributed by atoms with E-state index in [4.69, 9.17) is 21.6 Å². The highest BCUT2D eigenvalue weighted by Crippen LogP contribution is 2.29. The molecule has 0 atom stereocenters. The SMILES string of the molecule is COc1cc(Nc2cc(C#N)cc(Cl)n2)ccc1Br. The number of aromatic nitrogens is 1. The van der Waals surface area contributed by atoms with Gasteiger partial charge in [-0.2, -0.15) is 5.26 Å². The summed E-state index contributed by atoms with van der Waals surface area (Å²) in [6.45, 7) is 0. The van der Waals surface area contributed by atoms with Crippen molar-refractivity contribution in [3.8, 4) is 11.8 Å². The zero-order valence-corrected chi connectivity index (χ0v) is 12.3. The molecular weight excluding hydrogens is 330 g/mol. The lowest BCUT2D eigenvalue weighted by Gasteiger charge is -2.09.